The number of hydrogen-bond acceptors (Lipinski definition) is 0. The van der Waals surface area contributed by atoms with Crippen LogP contribution in [0.25, 0.3) is 25.1 Å². The summed E-state index contributed by atoms with van der Waals surface area (Å²) >= 11 is 4.83. The molecule has 1 aromatic heterocycles. The van der Waals surface area contributed by atoms with Gasteiger partial charge in [0.2, 0.25) is 0 Å². The summed E-state index contributed by atoms with van der Waals surface area (Å²) < 4.78 is 5.54. The number of thiophene rings is 1. The van der Waals surface area contributed by atoms with Gasteiger partial charge in [-0.3, -0.25) is 0 Å². The molecule has 0 radical (unpaired) electrons. The highest BCUT2D eigenvalue weighted by Crippen LogP contribution is 2.48. The molecule has 3 aromatic carbocycles. The van der Waals surface area contributed by atoms with Gasteiger partial charge in [0.15, 0.2) is 14.3 Å². The van der Waals surface area contributed by atoms with Crippen LogP contribution in [-0.2, 0) is 6.42 Å². The van der Waals surface area contributed by atoms with E-state index in [1.54, 1.807) is 0 Å². The molecule has 114 valence electrons. The Kier molecular flexibility index (Phi) is 4.36. The van der Waals surface area contributed by atoms with Gasteiger partial charge in [-0.2, -0.15) is 0 Å². The fraction of sp³-hybridized carbons (Fsp3) is 0.100. The zero-order valence-corrected chi connectivity index (χ0v) is 17.8. The fourth-order valence-electron chi connectivity index (χ4n) is 3.02. The van der Waals surface area contributed by atoms with Gasteiger partial charge in [-0.15, -0.1) is 0 Å². The number of fused-ring (bicyclic) bond motifs is 3. The lowest BCUT2D eigenvalue weighted by Crippen LogP contribution is -1.78. The van der Waals surface area contributed by atoms with Gasteiger partial charge in [0.05, 0.1) is 0 Å². The quantitative estimate of drug-likeness (QED) is 0.182. The van der Waals surface area contributed by atoms with Gasteiger partial charge >= 0.3 is 0 Å². The van der Waals surface area contributed by atoms with Crippen molar-refractivity contribution >= 4 is 75.8 Å². The Bertz CT molecular complexity index is 954. The Balaban J connectivity index is 2.10. The van der Waals surface area contributed by atoms with Crippen LogP contribution in [0.3, 0.4) is 0 Å². The Hall–Kier alpha value is -0.660. The second kappa shape index (κ2) is 6.33. The molecule has 0 aliphatic rings. The van der Waals surface area contributed by atoms with E-state index in [2.05, 4.69) is 113 Å². The minimum Gasteiger partial charge on any atom is -0.0613 e. The first kappa shape index (κ1) is 15.8. The van der Waals surface area contributed by atoms with Gasteiger partial charge in [-0.25, -0.2) is 0 Å². The van der Waals surface area contributed by atoms with Crippen LogP contribution in [0.5, 0.6) is 0 Å². The summed E-state index contributed by atoms with van der Waals surface area (Å²) in [6.45, 7) is 2.21. The maximum absolute atomic E-state index is 2.41. The molecule has 4 aromatic rings. The third kappa shape index (κ3) is 2.81. The van der Waals surface area contributed by atoms with E-state index < -0.39 is 0 Å². The van der Waals surface area contributed by atoms with Gasteiger partial charge in [-0.05, 0) is 106 Å². The predicted molar refractivity (Wildman–Crippen MR) is 120 cm³/mol. The largest absolute Gasteiger partial charge is 0.187 e. The van der Waals surface area contributed by atoms with Crippen molar-refractivity contribution < 1.29 is 0 Å². The van der Waals surface area contributed by atoms with Crippen molar-refractivity contribution in [3.05, 3.63) is 73.4 Å². The first-order chi connectivity index (χ1) is 11.2. The van der Waals surface area contributed by atoms with Crippen molar-refractivity contribution in [2.75, 3.05) is 0 Å². The first-order valence-electron chi connectivity index (χ1n) is 7.60. The fourth-order valence-corrected chi connectivity index (χ4v) is 6.34. The highest BCUT2D eigenvalue weighted by atomic mass is 127. The summed E-state index contributed by atoms with van der Waals surface area (Å²) in [7, 11) is 0.0260. The summed E-state index contributed by atoms with van der Waals surface area (Å²) in [5.41, 5.74) is 1.40. The number of aryl methyl sites for hydroxylation is 1. The topological polar surface area (TPSA) is 0 Å². The summed E-state index contributed by atoms with van der Waals surface area (Å²) in [5, 5.41) is 2.82. The van der Waals surface area contributed by atoms with E-state index in [1.807, 2.05) is 0 Å². The molecule has 0 saturated carbocycles. The molecule has 0 saturated heterocycles. The van der Waals surface area contributed by atoms with Crippen molar-refractivity contribution in [2.45, 2.75) is 13.3 Å². The van der Waals surface area contributed by atoms with E-state index in [1.165, 1.54) is 37.8 Å². The van der Waals surface area contributed by atoms with Crippen molar-refractivity contribution in [1.29, 1.82) is 0 Å². The monoisotopic (exact) mass is 541 g/mol. The number of benzene rings is 3. The number of hydrogen-bond donors (Lipinski definition) is 0. The molecule has 0 spiro atoms. The standard InChI is InChI=1S/C20H15I2S/c1-2-13-3-7-16(8-4-13)23-19-9-5-14(21)11-17(19)18-12-15(22)6-10-20(18)23/h3-12H,2H2,1H3/q+1. The minimum atomic E-state index is 0.0260. The Morgan fingerprint density at radius 2 is 1.26 bits per heavy atom. The molecule has 4 rings (SSSR count). The molecule has 0 nitrogen and oxygen atoms in total. The maximum atomic E-state index is 2.41. The lowest BCUT2D eigenvalue weighted by atomic mass is 10.2. The van der Waals surface area contributed by atoms with Crippen LogP contribution in [-0.4, -0.2) is 0 Å². The molecule has 0 amide bonds. The van der Waals surface area contributed by atoms with E-state index in [0.29, 0.717) is 0 Å². The van der Waals surface area contributed by atoms with Crippen LogP contribution in [0.2, 0.25) is 0 Å². The van der Waals surface area contributed by atoms with Gasteiger partial charge in [0.25, 0.3) is 0 Å². The molecule has 0 aliphatic carbocycles. The zero-order valence-electron chi connectivity index (χ0n) is 12.6. The van der Waals surface area contributed by atoms with Crippen LogP contribution in [0.4, 0.5) is 0 Å². The average molecular weight is 541 g/mol. The van der Waals surface area contributed by atoms with Gasteiger partial charge in [-0.1, -0.05) is 19.1 Å². The summed E-state index contributed by atoms with van der Waals surface area (Å²) in [4.78, 5) is 1.42. The second-order valence-electron chi connectivity index (χ2n) is 5.58. The van der Waals surface area contributed by atoms with Crippen LogP contribution in [0, 0.1) is 7.14 Å². The Labute approximate surface area is 166 Å². The van der Waals surface area contributed by atoms with E-state index >= 15 is 0 Å². The molecular weight excluding hydrogens is 526 g/mol. The summed E-state index contributed by atoms with van der Waals surface area (Å²) in [6, 6.07) is 23.0. The van der Waals surface area contributed by atoms with Gasteiger partial charge in [0.1, 0.15) is 0 Å². The van der Waals surface area contributed by atoms with Crippen LogP contribution >= 0.6 is 55.7 Å². The predicted octanol–water partition coefficient (Wildman–Crippen LogP) is 7.50. The summed E-state index contributed by atoms with van der Waals surface area (Å²) in [5.74, 6) is 0. The van der Waals surface area contributed by atoms with E-state index in [9.17, 15) is 0 Å². The SMILES string of the molecule is CCc1ccc(-[s+]2c3ccc(I)cc3c3cc(I)ccc32)cc1. The van der Waals surface area contributed by atoms with E-state index in [0.717, 1.165) is 6.42 Å². The molecule has 0 fully saturated rings. The minimum absolute atomic E-state index is 0.0260. The smallest absolute Gasteiger partial charge is 0.0613 e. The van der Waals surface area contributed by atoms with E-state index in [-0.39, 0.29) is 10.5 Å². The summed E-state index contributed by atoms with van der Waals surface area (Å²) in [6.07, 6.45) is 1.09. The Morgan fingerprint density at radius 1 is 0.739 bits per heavy atom. The molecule has 23 heavy (non-hydrogen) atoms. The van der Waals surface area contributed by atoms with Crippen molar-refractivity contribution in [1.82, 2.24) is 0 Å². The maximum Gasteiger partial charge on any atom is 0.187 e. The van der Waals surface area contributed by atoms with Crippen molar-refractivity contribution in [3.63, 3.8) is 0 Å². The van der Waals surface area contributed by atoms with Crippen LogP contribution < -0.4 is 0 Å². The third-order valence-corrected chi connectivity index (χ3v) is 7.86. The van der Waals surface area contributed by atoms with Crippen LogP contribution in [0.1, 0.15) is 12.5 Å². The second-order valence-corrected chi connectivity index (χ2v) is 10.0. The lowest BCUT2D eigenvalue weighted by Gasteiger charge is -1.97. The van der Waals surface area contributed by atoms with Crippen LogP contribution in [0.15, 0.2) is 60.7 Å². The highest BCUT2D eigenvalue weighted by Gasteiger charge is 2.23. The molecule has 0 unspecified atom stereocenters. The normalized spacial score (nSPS) is 11.4. The molecule has 0 bridgehead atoms. The first-order valence-corrected chi connectivity index (χ1v) is 11.0. The van der Waals surface area contributed by atoms with E-state index in [4.69, 9.17) is 0 Å². The highest BCUT2D eigenvalue weighted by molar-refractivity contribution is 14.1. The molecule has 0 N–H and O–H groups in total. The number of halogens is 2. The molecule has 0 aliphatic heterocycles. The number of rotatable bonds is 2. The van der Waals surface area contributed by atoms with Gasteiger partial charge < -0.3 is 0 Å². The third-order valence-electron chi connectivity index (χ3n) is 4.18. The van der Waals surface area contributed by atoms with Gasteiger partial charge in [0, 0.05) is 28.4 Å². The molecule has 1 heterocycles. The lowest BCUT2D eigenvalue weighted by molar-refractivity contribution is 1.14. The van der Waals surface area contributed by atoms with Crippen molar-refractivity contribution in [2.24, 2.45) is 0 Å². The zero-order chi connectivity index (χ0) is 16.0. The van der Waals surface area contributed by atoms with Crippen molar-refractivity contribution in [3.8, 4) is 4.90 Å². The molecule has 0 atom stereocenters. The Morgan fingerprint density at radius 3 is 1.74 bits per heavy atom. The molecule has 3 heteroatoms. The molecular formula is C20H15I2S+. The average Bonchev–Trinajstić information content (AvgIpc) is 2.88.